The van der Waals surface area contributed by atoms with Crippen molar-refractivity contribution in [3.05, 3.63) is 35.2 Å². The van der Waals surface area contributed by atoms with Gasteiger partial charge >= 0.3 is 0 Å². The van der Waals surface area contributed by atoms with E-state index < -0.39 is 15.6 Å². The number of aromatic hydroxyl groups is 1. The smallest absolute Gasteiger partial charge is 0.172 e. The van der Waals surface area contributed by atoms with E-state index in [0.717, 1.165) is 6.26 Å². The first kappa shape index (κ1) is 10.6. The van der Waals surface area contributed by atoms with Crippen LogP contribution in [0.2, 0.25) is 0 Å². The summed E-state index contributed by atoms with van der Waals surface area (Å²) in [7, 11) is -3.41. The van der Waals surface area contributed by atoms with Gasteiger partial charge in [-0.3, -0.25) is 0 Å². The summed E-state index contributed by atoms with van der Waals surface area (Å²) in [5.74, 6) is -0.629. The van der Waals surface area contributed by atoms with Crippen LogP contribution in [-0.2, 0) is 9.84 Å². The number of phenols is 1. The van der Waals surface area contributed by atoms with Gasteiger partial charge in [-0.05, 0) is 12.1 Å². The highest BCUT2D eigenvalue weighted by Crippen LogP contribution is 2.22. The van der Waals surface area contributed by atoms with Crippen LogP contribution in [0.15, 0.2) is 29.7 Å². The van der Waals surface area contributed by atoms with Crippen LogP contribution >= 0.6 is 0 Å². The lowest BCUT2D eigenvalue weighted by molar-refractivity contribution is 0.460. The fourth-order valence-electron chi connectivity index (χ4n) is 0.956. The SMILES string of the molecule is CS(=O)(=O)/C=C(\O)c1ccccc1O. The quantitative estimate of drug-likeness (QED) is 0.727. The first-order chi connectivity index (χ1) is 6.40. The van der Waals surface area contributed by atoms with Crippen molar-refractivity contribution in [2.24, 2.45) is 0 Å². The van der Waals surface area contributed by atoms with E-state index in [-0.39, 0.29) is 11.3 Å². The van der Waals surface area contributed by atoms with Crippen molar-refractivity contribution >= 4 is 15.6 Å². The summed E-state index contributed by atoms with van der Waals surface area (Å²) in [6, 6.07) is 5.95. The fraction of sp³-hybridized carbons (Fsp3) is 0.111. The normalized spacial score (nSPS) is 12.8. The van der Waals surface area contributed by atoms with Crippen LogP contribution in [0.25, 0.3) is 5.76 Å². The Morgan fingerprint density at radius 2 is 1.93 bits per heavy atom. The zero-order chi connectivity index (χ0) is 10.8. The van der Waals surface area contributed by atoms with Gasteiger partial charge in [-0.15, -0.1) is 0 Å². The third kappa shape index (κ3) is 2.77. The molecule has 1 aromatic rings. The Balaban J connectivity index is 3.20. The van der Waals surface area contributed by atoms with Crippen molar-refractivity contribution in [3.8, 4) is 5.75 Å². The zero-order valence-electron chi connectivity index (χ0n) is 7.51. The van der Waals surface area contributed by atoms with E-state index in [0.29, 0.717) is 5.41 Å². The van der Waals surface area contributed by atoms with Crippen molar-refractivity contribution in [1.29, 1.82) is 0 Å². The van der Waals surface area contributed by atoms with Gasteiger partial charge in [-0.1, -0.05) is 12.1 Å². The number of phenolic OH excluding ortho intramolecular Hbond substituents is 1. The van der Waals surface area contributed by atoms with Crippen LogP contribution < -0.4 is 0 Å². The van der Waals surface area contributed by atoms with Gasteiger partial charge in [0.1, 0.15) is 11.5 Å². The largest absolute Gasteiger partial charge is 0.507 e. The minimum atomic E-state index is -3.41. The summed E-state index contributed by atoms with van der Waals surface area (Å²) >= 11 is 0. The molecule has 0 bridgehead atoms. The van der Waals surface area contributed by atoms with Gasteiger partial charge < -0.3 is 10.2 Å². The Hall–Kier alpha value is -1.49. The standard InChI is InChI=1S/C9H10O4S/c1-14(12,13)6-9(11)7-4-2-3-5-8(7)10/h2-6,10-11H,1H3/b9-6-. The molecule has 2 N–H and O–H groups in total. The molecule has 0 unspecified atom stereocenters. The predicted molar refractivity (Wildman–Crippen MR) is 53.6 cm³/mol. The Morgan fingerprint density at radius 3 is 2.43 bits per heavy atom. The molecule has 0 aliphatic carbocycles. The third-order valence-corrected chi connectivity index (χ3v) is 2.16. The molecule has 5 heteroatoms. The summed E-state index contributed by atoms with van der Waals surface area (Å²) < 4.78 is 21.6. The van der Waals surface area contributed by atoms with Crippen molar-refractivity contribution < 1.29 is 18.6 Å². The number of sulfone groups is 1. The molecule has 0 atom stereocenters. The molecule has 0 aliphatic rings. The number of aliphatic hydroxyl groups is 1. The Kier molecular flexibility index (Phi) is 2.81. The second-order valence-electron chi connectivity index (χ2n) is 2.85. The summed E-state index contributed by atoms with van der Waals surface area (Å²) in [5.41, 5.74) is 0.0953. The molecule has 0 saturated heterocycles. The van der Waals surface area contributed by atoms with Crippen LogP contribution in [-0.4, -0.2) is 24.9 Å². The topological polar surface area (TPSA) is 74.6 Å². The second kappa shape index (κ2) is 3.71. The van der Waals surface area contributed by atoms with Crippen LogP contribution in [0.3, 0.4) is 0 Å². The van der Waals surface area contributed by atoms with Crippen molar-refractivity contribution in [2.75, 3.05) is 6.26 Å². The number of hydrogen-bond acceptors (Lipinski definition) is 4. The van der Waals surface area contributed by atoms with Crippen molar-refractivity contribution in [1.82, 2.24) is 0 Å². The fourth-order valence-corrected chi connectivity index (χ4v) is 1.49. The Morgan fingerprint density at radius 1 is 1.36 bits per heavy atom. The molecule has 0 aliphatic heterocycles. The molecule has 4 nitrogen and oxygen atoms in total. The third-order valence-electron chi connectivity index (χ3n) is 1.51. The summed E-state index contributed by atoms with van der Waals surface area (Å²) in [6.07, 6.45) is 0.962. The number of para-hydroxylation sites is 1. The van der Waals surface area contributed by atoms with Gasteiger partial charge in [0.25, 0.3) is 0 Å². The summed E-state index contributed by atoms with van der Waals surface area (Å²) in [5, 5.41) is 19.3. The maximum atomic E-state index is 10.8. The van der Waals surface area contributed by atoms with E-state index in [9.17, 15) is 18.6 Å². The van der Waals surface area contributed by atoms with Crippen LogP contribution in [0.1, 0.15) is 5.56 Å². The first-order valence-electron chi connectivity index (χ1n) is 3.79. The molecule has 0 amide bonds. The lowest BCUT2D eigenvalue weighted by Crippen LogP contribution is -1.93. The van der Waals surface area contributed by atoms with Gasteiger partial charge in [0.15, 0.2) is 9.84 Å². The van der Waals surface area contributed by atoms with Gasteiger partial charge in [0.05, 0.1) is 11.0 Å². The molecular weight excluding hydrogens is 204 g/mol. The highest BCUT2D eigenvalue weighted by Gasteiger charge is 2.07. The van der Waals surface area contributed by atoms with Crippen molar-refractivity contribution in [3.63, 3.8) is 0 Å². The van der Waals surface area contributed by atoms with Gasteiger partial charge in [-0.25, -0.2) is 8.42 Å². The van der Waals surface area contributed by atoms with E-state index in [1.807, 2.05) is 0 Å². The van der Waals surface area contributed by atoms with Gasteiger partial charge in [-0.2, -0.15) is 0 Å². The minimum Gasteiger partial charge on any atom is -0.507 e. The number of benzene rings is 1. The van der Waals surface area contributed by atoms with E-state index in [2.05, 4.69) is 0 Å². The number of hydrogen-bond donors (Lipinski definition) is 2. The summed E-state index contributed by atoms with van der Waals surface area (Å²) in [4.78, 5) is 0. The Bertz CT molecular complexity index is 459. The zero-order valence-corrected chi connectivity index (χ0v) is 8.32. The molecule has 1 aromatic carbocycles. The van der Waals surface area contributed by atoms with E-state index in [1.54, 1.807) is 12.1 Å². The van der Waals surface area contributed by atoms with E-state index in [4.69, 9.17) is 0 Å². The lowest BCUT2D eigenvalue weighted by atomic mass is 10.2. The average Bonchev–Trinajstić information content (AvgIpc) is 2.01. The molecule has 0 spiro atoms. The lowest BCUT2D eigenvalue weighted by Gasteiger charge is -2.01. The molecule has 0 heterocycles. The molecular formula is C9H10O4S. The summed E-state index contributed by atoms with van der Waals surface area (Å²) in [6.45, 7) is 0. The molecule has 14 heavy (non-hydrogen) atoms. The predicted octanol–water partition coefficient (Wildman–Crippen LogP) is 1.29. The van der Waals surface area contributed by atoms with Gasteiger partial charge in [0, 0.05) is 6.26 Å². The monoisotopic (exact) mass is 214 g/mol. The van der Waals surface area contributed by atoms with Crippen LogP contribution in [0.4, 0.5) is 0 Å². The number of rotatable bonds is 2. The Labute approximate surface area is 82.1 Å². The number of aliphatic hydroxyl groups excluding tert-OH is 1. The highest BCUT2D eigenvalue weighted by atomic mass is 32.2. The first-order valence-corrected chi connectivity index (χ1v) is 5.75. The van der Waals surface area contributed by atoms with E-state index >= 15 is 0 Å². The van der Waals surface area contributed by atoms with E-state index in [1.165, 1.54) is 12.1 Å². The molecule has 76 valence electrons. The molecule has 0 fully saturated rings. The second-order valence-corrected chi connectivity index (χ2v) is 4.74. The van der Waals surface area contributed by atoms with Crippen LogP contribution in [0.5, 0.6) is 5.75 Å². The highest BCUT2D eigenvalue weighted by molar-refractivity contribution is 7.93. The maximum absolute atomic E-state index is 10.8. The minimum absolute atomic E-state index is 0.0953. The molecule has 0 radical (unpaired) electrons. The van der Waals surface area contributed by atoms with Gasteiger partial charge in [0.2, 0.25) is 0 Å². The maximum Gasteiger partial charge on any atom is 0.172 e. The molecule has 1 rings (SSSR count). The molecule has 0 saturated carbocycles. The average molecular weight is 214 g/mol. The van der Waals surface area contributed by atoms with Crippen LogP contribution in [0, 0.1) is 0 Å². The molecule has 0 aromatic heterocycles. The van der Waals surface area contributed by atoms with Crippen molar-refractivity contribution in [2.45, 2.75) is 0 Å².